The van der Waals surface area contributed by atoms with Gasteiger partial charge in [0.1, 0.15) is 6.26 Å². The summed E-state index contributed by atoms with van der Waals surface area (Å²) in [4.78, 5) is 23.2. The van der Waals surface area contributed by atoms with Crippen molar-refractivity contribution in [3.63, 3.8) is 0 Å². The molecule has 1 heterocycles. The van der Waals surface area contributed by atoms with Crippen molar-refractivity contribution in [2.45, 2.75) is 33.6 Å². The quantitative estimate of drug-likeness (QED) is 0.517. The topological polar surface area (TPSA) is 47.3 Å². The van der Waals surface area contributed by atoms with Gasteiger partial charge in [0, 0.05) is 0 Å². The predicted molar refractivity (Wildman–Crippen MR) is 87.5 cm³/mol. The zero-order valence-electron chi connectivity index (χ0n) is 12.8. The Bertz CT molecular complexity index is 510. The van der Waals surface area contributed by atoms with Gasteiger partial charge < -0.3 is 4.42 Å². The maximum atomic E-state index is 11.8. The van der Waals surface area contributed by atoms with Crippen LogP contribution in [-0.4, -0.2) is 16.7 Å². The first kappa shape index (κ1) is 17.5. The van der Waals surface area contributed by atoms with Crippen molar-refractivity contribution in [2.24, 2.45) is 5.41 Å². The van der Waals surface area contributed by atoms with Gasteiger partial charge in [0.25, 0.3) is 0 Å². The lowest BCUT2D eigenvalue weighted by molar-refractivity contribution is -0.107. The Morgan fingerprint density at radius 2 is 2.10 bits per heavy atom. The number of ketones is 1. The van der Waals surface area contributed by atoms with Gasteiger partial charge in [-0.1, -0.05) is 44.7 Å². The molecule has 0 saturated carbocycles. The molecule has 0 amide bonds. The Balaban J connectivity index is 2.43. The summed E-state index contributed by atoms with van der Waals surface area (Å²) in [5.41, 5.74) is 0.467. The summed E-state index contributed by atoms with van der Waals surface area (Å²) in [6.07, 6.45) is 11.7. The molecule has 0 bridgehead atoms. The molecule has 4 heteroatoms. The second-order valence-electron chi connectivity index (χ2n) is 5.39. The number of hydrogen-bond donors (Lipinski definition) is 0. The van der Waals surface area contributed by atoms with Gasteiger partial charge in [0.2, 0.25) is 5.12 Å². The largest absolute Gasteiger partial charge is 0.472 e. The van der Waals surface area contributed by atoms with E-state index >= 15 is 0 Å². The third kappa shape index (κ3) is 7.14. The van der Waals surface area contributed by atoms with Crippen molar-refractivity contribution in [1.29, 1.82) is 0 Å². The van der Waals surface area contributed by atoms with Crippen LogP contribution in [0.3, 0.4) is 0 Å². The van der Waals surface area contributed by atoms with Crippen LogP contribution in [0, 0.1) is 5.41 Å². The number of rotatable bonds is 8. The number of thioether (sulfide) groups is 1. The molecule has 0 saturated heterocycles. The van der Waals surface area contributed by atoms with E-state index in [2.05, 4.69) is 13.8 Å². The molecule has 1 aromatic heterocycles. The number of allylic oxidation sites excluding steroid dienone is 3. The Morgan fingerprint density at radius 3 is 2.71 bits per heavy atom. The van der Waals surface area contributed by atoms with E-state index < -0.39 is 0 Å². The van der Waals surface area contributed by atoms with E-state index in [1.807, 2.05) is 19.1 Å². The van der Waals surface area contributed by atoms with Crippen molar-refractivity contribution < 1.29 is 14.0 Å². The van der Waals surface area contributed by atoms with E-state index in [9.17, 15) is 9.59 Å². The summed E-state index contributed by atoms with van der Waals surface area (Å²) >= 11 is 1.31. The fraction of sp³-hybridized carbons (Fsp3) is 0.412. The van der Waals surface area contributed by atoms with E-state index in [0.29, 0.717) is 5.56 Å². The Morgan fingerprint density at radius 1 is 1.33 bits per heavy atom. The minimum Gasteiger partial charge on any atom is -0.472 e. The van der Waals surface area contributed by atoms with Crippen LogP contribution in [0.4, 0.5) is 0 Å². The molecule has 0 spiro atoms. The Kier molecular flexibility index (Phi) is 7.23. The number of carbonyl (C=O) groups excluding carboxylic acids is 2. The van der Waals surface area contributed by atoms with Gasteiger partial charge in [-0.2, -0.15) is 0 Å². The van der Waals surface area contributed by atoms with E-state index in [1.54, 1.807) is 18.2 Å². The summed E-state index contributed by atoms with van der Waals surface area (Å²) < 4.78 is 4.89. The van der Waals surface area contributed by atoms with Crippen LogP contribution in [0.15, 0.2) is 47.3 Å². The van der Waals surface area contributed by atoms with Gasteiger partial charge in [0.05, 0.1) is 11.8 Å². The van der Waals surface area contributed by atoms with Gasteiger partial charge in [-0.15, -0.1) is 0 Å². The van der Waals surface area contributed by atoms with E-state index in [4.69, 9.17) is 4.42 Å². The van der Waals surface area contributed by atoms with Gasteiger partial charge in [0.15, 0.2) is 5.78 Å². The lowest BCUT2D eigenvalue weighted by atomic mass is 9.87. The van der Waals surface area contributed by atoms with Crippen molar-refractivity contribution in [1.82, 2.24) is 0 Å². The normalized spacial score (nSPS) is 12.3. The molecule has 0 aliphatic carbocycles. The fourth-order valence-electron chi connectivity index (χ4n) is 1.71. The van der Waals surface area contributed by atoms with Gasteiger partial charge in [-0.3, -0.25) is 9.59 Å². The van der Waals surface area contributed by atoms with E-state index in [0.717, 1.165) is 18.6 Å². The molecule has 0 atom stereocenters. The van der Waals surface area contributed by atoms with Crippen molar-refractivity contribution in [3.8, 4) is 0 Å². The van der Waals surface area contributed by atoms with E-state index in [1.165, 1.54) is 24.3 Å². The molecule has 1 rings (SSSR count). The van der Waals surface area contributed by atoms with Gasteiger partial charge in [-0.25, -0.2) is 0 Å². The highest BCUT2D eigenvalue weighted by molar-refractivity contribution is 8.14. The maximum Gasteiger partial charge on any atom is 0.211 e. The lowest BCUT2D eigenvalue weighted by Gasteiger charge is -2.18. The molecule has 0 aromatic carbocycles. The zero-order valence-corrected chi connectivity index (χ0v) is 13.6. The first-order valence-electron chi connectivity index (χ1n) is 7.03. The molecule has 114 valence electrons. The first-order valence-corrected chi connectivity index (χ1v) is 8.02. The predicted octanol–water partition coefficient (Wildman–Crippen LogP) is 4.66. The SMILES string of the molecule is CCSC(=O)/C=C/CCC(C)(C)/C=C/C(=O)c1ccoc1. The highest BCUT2D eigenvalue weighted by atomic mass is 32.2. The molecule has 0 fully saturated rings. The minimum absolute atomic E-state index is 0.0538. The first-order chi connectivity index (χ1) is 9.94. The molecule has 1 aromatic rings. The van der Waals surface area contributed by atoms with Crippen LogP contribution in [0.5, 0.6) is 0 Å². The van der Waals surface area contributed by atoms with E-state index in [-0.39, 0.29) is 16.3 Å². The summed E-state index contributed by atoms with van der Waals surface area (Å²) in [5, 5.41) is 0.0981. The summed E-state index contributed by atoms with van der Waals surface area (Å²) in [6.45, 7) is 6.10. The van der Waals surface area contributed by atoms with Gasteiger partial charge >= 0.3 is 0 Å². The van der Waals surface area contributed by atoms with Crippen LogP contribution in [0.2, 0.25) is 0 Å². The molecule has 21 heavy (non-hydrogen) atoms. The van der Waals surface area contributed by atoms with Crippen molar-refractivity contribution in [3.05, 3.63) is 48.5 Å². The second-order valence-corrected chi connectivity index (χ2v) is 6.66. The Labute approximate surface area is 130 Å². The summed E-state index contributed by atoms with van der Waals surface area (Å²) in [7, 11) is 0. The number of furan rings is 1. The highest BCUT2D eigenvalue weighted by Crippen LogP contribution is 2.24. The smallest absolute Gasteiger partial charge is 0.211 e. The summed E-state index contributed by atoms with van der Waals surface area (Å²) in [5.74, 6) is 0.745. The molecule has 0 aliphatic rings. The molecule has 0 N–H and O–H groups in total. The van der Waals surface area contributed by atoms with Gasteiger partial charge in [-0.05, 0) is 42.2 Å². The zero-order chi connectivity index (χ0) is 15.7. The molecular formula is C17H22O3S. The average Bonchev–Trinajstić information content (AvgIpc) is 2.96. The third-order valence-corrected chi connectivity index (χ3v) is 3.70. The average molecular weight is 306 g/mol. The third-order valence-electron chi connectivity index (χ3n) is 2.99. The van der Waals surface area contributed by atoms with Crippen LogP contribution in [0.25, 0.3) is 0 Å². The van der Waals surface area contributed by atoms with Crippen LogP contribution >= 0.6 is 11.8 Å². The standard InChI is InChI=1S/C17H22O3S/c1-4-21-16(19)7-5-6-10-17(2,3)11-8-15(18)14-9-12-20-13-14/h5,7-9,11-13H,4,6,10H2,1-3H3/b7-5+,11-8+. The maximum absolute atomic E-state index is 11.8. The van der Waals surface area contributed by atoms with Crippen molar-refractivity contribution in [2.75, 3.05) is 5.75 Å². The molecule has 0 aliphatic heterocycles. The monoisotopic (exact) mass is 306 g/mol. The second kappa shape index (κ2) is 8.67. The number of carbonyl (C=O) groups is 2. The summed E-state index contributed by atoms with van der Waals surface area (Å²) in [6, 6.07) is 1.65. The molecule has 0 unspecified atom stereocenters. The van der Waals surface area contributed by atoms with Crippen LogP contribution in [-0.2, 0) is 4.79 Å². The minimum atomic E-state index is -0.0926. The van der Waals surface area contributed by atoms with Crippen molar-refractivity contribution >= 4 is 22.7 Å². The lowest BCUT2D eigenvalue weighted by Crippen LogP contribution is -2.07. The highest BCUT2D eigenvalue weighted by Gasteiger charge is 2.13. The molecule has 3 nitrogen and oxygen atoms in total. The number of hydrogen-bond acceptors (Lipinski definition) is 4. The molecular weight excluding hydrogens is 284 g/mol. The Hall–Kier alpha value is -1.55. The van der Waals surface area contributed by atoms with Crippen LogP contribution < -0.4 is 0 Å². The van der Waals surface area contributed by atoms with Crippen LogP contribution in [0.1, 0.15) is 44.0 Å². The molecule has 0 radical (unpaired) electrons. The fourth-order valence-corrected chi connectivity index (χ4v) is 2.19.